The topological polar surface area (TPSA) is 21.3 Å². The largest absolute Gasteiger partial charge is 0.533 e. The van der Waals surface area contributed by atoms with Crippen molar-refractivity contribution < 1.29 is 4.43 Å². The van der Waals surface area contributed by atoms with Crippen LogP contribution in [0.3, 0.4) is 0 Å². The molecule has 1 N–H and O–H groups in total. The number of allylic oxidation sites excluding steroid dienone is 4. The first-order chi connectivity index (χ1) is 8.27. The summed E-state index contributed by atoms with van der Waals surface area (Å²) < 4.78 is 6.41. The van der Waals surface area contributed by atoms with Gasteiger partial charge in [0.2, 0.25) is 0 Å². The van der Waals surface area contributed by atoms with Crippen molar-refractivity contribution in [3.8, 4) is 0 Å². The molecular weight excluding hydrogens is 238 g/mol. The van der Waals surface area contributed by atoms with E-state index in [1.807, 2.05) is 0 Å². The minimum absolute atomic E-state index is 0.121. The Labute approximate surface area is 113 Å². The summed E-state index contributed by atoms with van der Waals surface area (Å²) in [6.45, 7) is 11.1. The summed E-state index contributed by atoms with van der Waals surface area (Å²) in [6, 6.07) is 0. The van der Waals surface area contributed by atoms with Crippen LogP contribution in [0.2, 0.25) is 13.1 Å². The van der Waals surface area contributed by atoms with Crippen LogP contribution < -0.4 is 4.98 Å². The average Bonchev–Trinajstić information content (AvgIpc) is 2.61. The molecule has 0 radical (unpaired) electrons. The standard InChI is InChI=1S/C15H27NOSi/c1-15(2,3)16-18(4,5)17-14-11-7-9-12-8-6-10-13(12)14/h7,9,11-13,16H,6,8,10H2,1-5H3. The lowest BCUT2D eigenvalue weighted by atomic mass is 9.90. The molecule has 18 heavy (non-hydrogen) atoms. The first-order valence-electron chi connectivity index (χ1n) is 7.14. The molecule has 0 amide bonds. The quantitative estimate of drug-likeness (QED) is 0.780. The summed E-state index contributed by atoms with van der Waals surface area (Å²) in [4.78, 5) is 3.67. The molecule has 0 bridgehead atoms. The van der Waals surface area contributed by atoms with E-state index in [9.17, 15) is 0 Å². The third kappa shape index (κ3) is 3.48. The second kappa shape index (κ2) is 4.86. The third-order valence-corrected chi connectivity index (χ3v) is 5.70. The molecule has 2 unspecified atom stereocenters. The van der Waals surface area contributed by atoms with Crippen LogP contribution in [-0.4, -0.2) is 14.0 Å². The molecule has 0 aromatic carbocycles. The zero-order valence-corrected chi connectivity index (χ0v) is 13.4. The molecule has 0 aromatic rings. The Balaban J connectivity index is 2.04. The van der Waals surface area contributed by atoms with E-state index in [-0.39, 0.29) is 5.54 Å². The van der Waals surface area contributed by atoms with Gasteiger partial charge in [-0.25, -0.2) is 0 Å². The van der Waals surface area contributed by atoms with Gasteiger partial charge >= 0.3 is 8.48 Å². The molecule has 0 spiro atoms. The minimum Gasteiger partial charge on any atom is -0.533 e. The fraction of sp³-hybridized carbons (Fsp3) is 0.733. The summed E-state index contributed by atoms with van der Waals surface area (Å²) in [5.74, 6) is 2.60. The molecule has 2 nitrogen and oxygen atoms in total. The van der Waals surface area contributed by atoms with Gasteiger partial charge < -0.3 is 9.41 Å². The van der Waals surface area contributed by atoms with Gasteiger partial charge in [-0.15, -0.1) is 0 Å². The van der Waals surface area contributed by atoms with Gasteiger partial charge in [0.15, 0.2) is 0 Å². The van der Waals surface area contributed by atoms with Crippen molar-refractivity contribution in [2.45, 2.75) is 58.7 Å². The van der Waals surface area contributed by atoms with Gasteiger partial charge in [0.05, 0.1) is 5.76 Å². The van der Waals surface area contributed by atoms with E-state index in [1.165, 1.54) is 25.0 Å². The van der Waals surface area contributed by atoms with Gasteiger partial charge in [-0.2, -0.15) is 0 Å². The highest BCUT2D eigenvalue weighted by molar-refractivity contribution is 6.69. The molecular formula is C15H27NOSi. The summed E-state index contributed by atoms with van der Waals surface area (Å²) in [5, 5.41) is 0. The van der Waals surface area contributed by atoms with E-state index in [2.05, 4.69) is 57.1 Å². The van der Waals surface area contributed by atoms with Crippen LogP contribution in [-0.2, 0) is 4.43 Å². The molecule has 0 aliphatic heterocycles. The SMILES string of the molecule is CC(C)(C)N[Si](C)(C)OC1=CC=CC2CCCC12. The molecule has 1 saturated carbocycles. The van der Waals surface area contributed by atoms with Crippen LogP contribution in [0.5, 0.6) is 0 Å². The molecule has 3 heteroatoms. The monoisotopic (exact) mass is 265 g/mol. The second-order valence-electron chi connectivity index (χ2n) is 7.14. The third-order valence-electron chi connectivity index (χ3n) is 3.60. The Morgan fingerprint density at radius 2 is 2.00 bits per heavy atom. The van der Waals surface area contributed by atoms with Gasteiger partial charge in [0.1, 0.15) is 0 Å². The van der Waals surface area contributed by atoms with Crippen molar-refractivity contribution >= 4 is 8.48 Å². The van der Waals surface area contributed by atoms with E-state index in [1.54, 1.807) is 0 Å². The maximum absolute atomic E-state index is 6.41. The van der Waals surface area contributed by atoms with E-state index in [4.69, 9.17) is 4.43 Å². The van der Waals surface area contributed by atoms with E-state index in [0.717, 1.165) is 5.92 Å². The first-order valence-corrected chi connectivity index (χ1v) is 10.0. The molecule has 0 saturated heterocycles. The number of hydrogen-bond acceptors (Lipinski definition) is 2. The molecule has 0 aromatic heterocycles. The Hall–Kier alpha value is -0.543. The summed E-state index contributed by atoms with van der Waals surface area (Å²) in [6.07, 6.45) is 10.7. The Morgan fingerprint density at radius 1 is 1.28 bits per heavy atom. The number of rotatable bonds is 3. The smallest absolute Gasteiger partial charge is 0.322 e. The Bertz CT molecular complexity index is 365. The zero-order valence-electron chi connectivity index (χ0n) is 12.4. The first kappa shape index (κ1) is 13.9. The maximum atomic E-state index is 6.41. The Morgan fingerprint density at radius 3 is 2.67 bits per heavy atom. The molecule has 2 aliphatic rings. The van der Waals surface area contributed by atoms with Gasteiger partial charge in [-0.1, -0.05) is 18.6 Å². The van der Waals surface area contributed by atoms with Crippen LogP contribution in [0.15, 0.2) is 24.0 Å². The molecule has 102 valence electrons. The molecule has 2 atom stereocenters. The van der Waals surface area contributed by atoms with Gasteiger partial charge in [-0.3, -0.25) is 0 Å². The Kier molecular flexibility index (Phi) is 3.74. The number of nitrogens with one attached hydrogen (secondary N) is 1. The van der Waals surface area contributed by atoms with Crippen LogP contribution in [0.25, 0.3) is 0 Å². The van der Waals surface area contributed by atoms with Crippen LogP contribution >= 0.6 is 0 Å². The van der Waals surface area contributed by atoms with E-state index in [0.29, 0.717) is 5.92 Å². The number of fused-ring (bicyclic) bond motifs is 1. The fourth-order valence-electron chi connectivity index (χ4n) is 3.32. The summed E-state index contributed by atoms with van der Waals surface area (Å²) in [5.41, 5.74) is 0.121. The summed E-state index contributed by atoms with van der Waals surface area (Å²) in [7, 11) is -1.84. The zero-order chi connectivity index (χ0) is 13.4. The molecule has 2 rings (SSSR count). The lowest BCUT2D eigenvalue weighted by molar-refractivity contribution is 0.295. The normalized spacial score (nSPS) is 27.9. The second-order valence-corrected chi connectivity index (χ2v) is 10.6. The van der Waals surface area contributed by atoms with Crippen LogP contribution in [0.4, 0.5) is 0 Å². The van der Waals surface area contributed by atoms with Crippen molar-refractivity contribution in [2.24, 2.45) is 11.8 Å². The highest BCUT2D eigenvalue weighted by Gasteiger charge is 2.36. The number of hydrogen-bond donors (Lipinski definition) is 1. The fourth-order valence-corrected chi connectivity index (χ4v) is 5.99. The average molecular weight is 265 g/mol. The van der Waals surface area contributed by atoms with E-state index < -0.39 is 8.48 Å². The van der Waals surface area contributed by atoms with Crippen molar-refractivity contribution in [3.63, 3.8) is 0 Å². The minimum atomic E-state index is -1.84. The van der Waals surface area contributed by atoms with Crippen LogP contribution in [0.1, 0.15) is 40.0 Å². The molecule has 0 heterocycles. The van der Waals surface area contributed by atoms with Crippen molar-refractivity contribution in [3.05, 3.63) is 24.0 Å². The van der Waals surface area contributed by atoms with Crippen molar-refractivity contribution in [1.29, 1.82) is 0 Å². The lowest BCUT2D eigenvalue weighted by Crippen LogP contribution is -2.56. The van der Waals surface area contributed by atoms with Crippen molar-refractivity contribution in [1.82, 2.24) is 4.98 Å². The van der Waals surface area contributed by atoms with Gasteiger partial charge in [0, 0.05) is 11.5 Å². The van der Waals surface area contributed by atoms with Crippen molar-refractivity contribution in [2.75, 3.05) is 0 Å². The summed E-state index contributed by atoms with van der Waals surface area (Å²) >= 11 is 0. The predicted octanol–water partition coefficient (Wildman–Crippen LogP) is 3.96. The van der Waals surface area contributed by atoms with E-state index >= 15 is 0 Å². The maximum Gasteiger partial charge on any atom is 0.322 e. The highest BCUT2D eigenvalue weighted by Crippen LogP contribution is 2.41. The molecule has 2 aliphatic carbocycles. The van der Waals surface area contributed by atoms with Gasteiger partial charge in [-0.05, 0) is 58.7 Å². The van der Waals surface area contributed by atoms with Crippen LogP contribution in [0, 0.1) is 11.8 Å². The molecule has 1 fully saturated rings. The highest BCUT2D eigenvalue weighted by atomic mass is 28.4. The predicted molar refractivity (Wildman–Crippen MR) is 79.5 cm³/mol. The van der Waals surface area contributed by atoms with Gasteiger partial charge in [0.25, 0.3) is 0 Å². The lowest BCUT2D eigenvalue weighted by Gasteiger charge is -2.36.